The molecule has 0 aliphatic rings. The van der Waals surface area contributed by atoms with Crippen molar-refractivity contribution in [2.24, 2.45) is 0 Å². The summed E-state index contributed by atoms with van der Waals surface area (Å²) in [5, 5.41) is 0. The zero-order valence-corrected chi connectivity index (χ0v) is 10.3. The van der Waals surface area contributed by atoms with Crippen LogP contribution in [0.2, 0.25) is 0 Å². The van der Waals surface area contributed by atoms with E-state index in [4.69, 9.17) is 0 Å². The molecule has 3 aromatic rings. The van der Waals surface area contributed by atoms with Gasteiger partial charge >= 0.3 is 0 Å². The Morgan fingerprint density at radius 3 is 2.47 bits per heavy atom. The van der Waals surface area contributed by atoms with Crippen molar-refractivity contribution in [1.82, 2.24) is 15.0 Å². The number of imidazole rings is 1. The minimum Gasteiger partial charge on any atom is -0.338 e. The van der Waals surface area contributed by atoms with Crippen molar-refractivity contribution >= 4 is 12.2 Å². The van der Waals surface area contributed by atoms with Gasteiger partial charge in [0.25, 0.3) is 0 Å². The molecule has 0 aliphatic heterocycles. The number of hydrogen-bond acceptors (Lipinski definition) is 2. The molecule has 3 heteroatoms. The number of aromatic nitrogens is 3. The van der Waals surface area contributed by atoms with Crippen LogP contribution in [-0.2, 0) is 0 Å². The van der Waals surface area contributed by atoms with E-state index < -0.39 is 0 Å². The van der Waals surface area contributed by atoms with E-state index in [-0.39, 0.29) is 0 Å². The molecule has 0 spiro atoms. The molecule has 0 saturated heterocycles. The normalized spacial score (nSPS) is 10.9. The van der Waals surface area contributed by atoms with Crippen LogP contribution in [0, 0.1) is 0 Å². The van der Waals surface area contributed by atoms with Crippen molar-refractivity contribution in [3.8, 4) is 11.3 Å². The van der Waals surface area contributed by atoms with Gasteiger partial charge in [0.2, 0.25) is 0 Å². The minimum atomic E-state index is 0.824. The molecule has 0 aliphatic carbocycles. The number of H-pyrrole nitrogens is 1. The van der Waals surface area contributed by atoms with Crippen LogP contribution in [0.3, 0.4) is 0 Å². The number of hydrogen-bond donors (Lipinski definition) is 1. The molecular formula is C16H13N3. The van der Waals surface area contributed by atoms with Crippen LogP contribution in [0.4, 0.5) is 0 Å². The van der Waals surface area contributed by atoms with E-state index in [1.807, 2.05) is 54.7 Å². The zero-order valence-electron chi connectivity index (χ0n) is 10.3. The second kappa shape index (κ2) is 5.31. The Morgan fingerprint density at radius 2 is 1.68 bits per heavy atom. The molecule has 0 fully saturated rings. The topological polar surface area (TPSA) is 41.6 Å². The number of nitrogens with zero attached hydrogens (tertiary/aromatic N) is 2. The van der Waals surface area contributed by atoms with Crippen LogP contribution in [0.1, 0.15) is 11.5 Å². The van der Waals surface area contributed by atoms with Gasteiger partial charge in [-0.2, -0.15) is 0 Å². The van der Waals surface area contributed by atoms with Crippen molar-refractivity contribution in [3.05, 3.63) is 72.4 Å². The zero-order chi connectivity index (χ0) is 12.9. The lowest BCUT2D eigenvalue weighted by molar-refractivity contribution is 1.26. The van der Waals surface area contributed by atoms with Crippen LogP contribution in [0.25, 0.3) is 23.4 Å². The van der Waals surface area contributed by atoms with Crippen LogP contribution in [0.15, 0.2) is 60.9 Å². The molecule has 19 heavy (non-hydrogen) atoms. The molecule has 2 heterocycles. The molecule has 1 N–H and O–H groups in total. The maximum absolute atomic E-state index is 4.34. The summed E-state index contributed by atoms with van der Waals surface area (Å²) in [5.74, 6) is 0.824. The average molecular weight is 247 g/mol. The Hall–Kier alpha value is -2.68. The number of rotatable bonds is 3. The van der Waals surface area contributed by atoms with Gasteiger partial charge in [0.05, 0.1) is 17.6 Å². The van der Waals surface area contributed by atoms with Crippen LogP contribution in [0.5, 0.6) is 0 Å². The van der Waals surface area contributed by atoms with Crippen LogP contribution in [-0.4, -0.2) is 15.0 Å². The van der Waals surface area contributed by atoms with E-state index in [0.29, 0.717) is 0 Å². The molecule has 3 nitrogen and oxygen atoms in total. The molecule has 0 atom stereocenters. The third-order valence-corrected chi connectivity index (χ3v) is 2.78. The summed E-state index contributed by atoms with van der Waals surface area (Å²) in [7, 11) is 0. The highest BCUT2D eigenvalue weighted by atomic mass is 14.9. The Bertz CT molecular complexity index is 669. The maximum atomic E-state index is 4.34. The first kappa shape index (κ1) is 11.4. The summed E-state index contributed by atoms with van der Waals surface area (Å²) in [4.78, 5) is 11.8. The first-order valence-corrected chi connectivity index (χ1v) is 6.11. The molecule has 3 rings (SSSR count). The lowest BCUT2D eigenvalue weighted by atomic mass is 10.2. The predicted molar refractivity (Wildman–Crippen MR) is 77.2 cm³/mol. The van der Waals surface area contributed by atoms with Gasteiger partial charge in [0, 0.05) is 6.20 Å². The highest BCUT2D eigenvalue weighted by Gasteiger charge is 1.99. The molecule has 0 saturated carbocycles. The third-order valence-electron chi connectivity index (χ3n) is 2.78. The second-order valence-electron chi connectivity index (χ2n) is 4.14. The fourth-order valence-electron chi connectivity index (χ4n) is 1.82. The Kier molecular flexibility index (Phi) is 3.19. The van der Waals surface area contributed by atoms with E-state index in [9.17, 15) is 0 Å². The van der Waals surface area contributed by atoms with Gasteiger partial charge in [-0.15, -0.1) is 0 Å². The summed E-state index contributed by atoms with van der Waals surface area (Å²) in [6, 6.07) is 16.0. The van der Waals surface area contributed by atoms with Gasteiger partial charge in [-0.05, 0) is 29.8 Å². The third kappa shape index (κ3) is 2.77. The van der Waals surface area contributed by atoms with E-state index in [1.54, 1.807) is 6.20 Å². The molecule has 92 valence electrons. The van der Waals surface area contributed by atoms with Gasteiger partial charge in [-0.25, -0.2) is 4.98 Å². The maximum Gasteiger partial charge on any atom is 0.130 e. The van der Waals surface area contributed by atoms with Crippen LogP contribution >= 0.6 is 0 Å². The Balaban J connectivity index is 1.81. The van der Waals surface area contributed by atoms with E-state index in [1.165, 1.54) is 0 Å². The molecule has 0 amide bonds. The molecule has 0 unspecified atom stereocenters. The largest absolute Gasteiger partial charge is 0.338 e. The fourth-order valence-corrected chi connectivity index (χ4v) is 1.82. The van der Waals surface area contributed by atoms with Gasteiger partial charge in [0.15, 0.2) is 0 Å². The Morgan fingerprint density at radius 1 is 0.842 bits per heavy atom. The molecule has 0 bridgehead atoms. The summed E-state index contributed by atoms with van der Waals surface area (Å²) in [5.41, 5.74) is 3.06. The van der Waals surface area contributed by atoms with Gasteiger partial charge < -0.3 is 4.98 Å². The number of aromatic amines is 1. The molecule has 2 aromatic heterocycles. The lowest BCUT2D eigenvalue weighted by Crippen LogP contribution is -1.79. The molecule has 0 radical (unpaired) electrons. The van der Waals surface area contributed by atoms with E-state index >= 15 is 0 Å². The highest BCUT2D eigenvalue weighted by molar-refractivity contribution is 5.67. The summed E-state index contributed by atoms with van der Waals surface area (Å²) in [6.07, 6.45) is 7.48. The lowest BCUT2D eigenvalue weighted by Gasteiger charge is -1.94. The fraction of sp³-hybridized carbons (Fsp3) is 0. The minimum absolute atomic E-state index is 0.824. The summed E-state index contributed by atoms with van der Waals surface area (Å²) in [6.45, 7) is 0. The van der Waals surface area contributed by atoms with Crippen molar-refractivity contribution in [3.63, 3.8) is 0 Å². The highest BCUT2D eigenvalue weighted by Crippen LogP contribution is 2.16. The van der Waals surface area contributed by atoms with Gasteiger partial charge in [-0.1, -0.05) is 36.4 Å². The van der Waals surface area contributed by atoms with E-state index in [0.717, 1.165) is 22.8 Å². The average Bonchev–Trinajstić information content (AvgIpc) is 2.96. The summed E-state index contributed by atoms with van der Waals surface area (Å²) < 4.78 is 0. The van der Waals surface area contributed by atoms with Gasteiger partial charge in [0.1, 0.15) is 5.82 Å². The Labute approximate surface area is 111 Å². The quantitative estimate of drug-likeness (QED) is 0.767. The molecular weight excluding hydrogens is 234 g/mol. The standard InChI is InChI=1S/C16H13N3/c1-2-6-13(7-3-1)15-12-18-16(19-15)10-9-14-8-4-5-11-17-14/h1-12H,(H,18,19). The smallest absolute Gasteiger partial charge is 0.130 e. The SMILES string of the molecule is C(=Cc1ncc(-c2ccccc2)[nH]1)c1ccccn1. The first-order chi connectivity index (χ1) is 9.42. The number of pyridine rings is 1. The van der Waals surface area contributed by atoms with Crippen molar-refractivity contribution in [1.29, 1.82) is 0 Å². The van der Waals surface area contributed by atoms with Crippen LogP contribution < -0.4 is 0 Å². The van der Waals surface area contributed by atoms with Crippen molar-refractivity contribution in [2.45, 2.75) is 0 Å². The van der Waals surface area contributed by atoms with Crippen molar-refractivity contribution in [2.75, 3.05) is 0 Å². The predicted octanol–water partition coefficient (Wildman–Crippen LogP) is 3.64. The summed E-state index contributed by atoms with van der Waals surface area (Å²) >= 11 is 0. The molecule has 1 aromatic carbocycles. The number of benzene rings is 1. The first-order valence-electron chi connectivity index (χ1n) is 6.11. The van der Waals surface area contributed by atoms with Crippen molar-refractivity contribution < 1.29 is 0 Å². The van der Waals surface area contributed by atoms with Gasteiger partial charge in [-0.3, -0.25) is 4.98 Å². The monoisotopic (exact) mass is 247 g/mol. The second-order valence-corrected chi connectivity index (χ2v) is 4.14. The van der Waals surface area contributed by atoms with E-state index in [2.05, 4.69) is 27.1 Å². The number of nitrogens with one attached hydrogen (secondary N) is 1.